The van der Waals surface area contributed by atoms with Gasteiger partial charge in [-0.25, -0.2) is 8.78 Å². The maximum absolute atomic E-state index is 11.8. The molecule has 0 saturated carbocycles. The summed E-state index contributed by atoms with van der Waals surface area (Å²) in [5, 5.41) is 0. The van der Waals surface area contributed by atoms with Gasteiger partial charge in [0, 0.05) is 19.5 Å². The van der Waals surface area contributed by atoms with Gasteiger partial charge >= 0.3 is 12.1 Å². The van der Waals surface area contributed by atoms with E-state index in [9.17, 15) is 26.7 Å². The lowest BCUT2D eigenvalue weighted by atomic mass is 9.96. The number of hydrogen-bond donors (Lipinski definition) is 0. The van der Waals surface area contributed by atoms with Gasteiger partial charge in [-0.15, -0.1) is 0 Å². The molecule has 0 spiro atoms. The molecule has 0 aromatic carbocycles. The van der Waals surface area contributed by atoms with Crippen LogP contribution in [0.4, 0.5) is 22.0 Å². The first kappa shape index (κ1) is 11.2. The molecule has 1 heterocycles. The van der Waals surface area contributed by atoms with Crippen molar-refractivity contribution in [1.82, 2.24) is 4.90 Å². The predicted molar refractivity (Wildman–Crippen MR) is 36.7 cm³/mol. The molecule has 14 heavy (non-hydrogen) atoms. The second kappa shape index (κ2) is 3.70. The zero-order chi connectivity index (χ0) is 10.9. The fraction of sp³-hybridized carbons (Fsp3) is 0.857. The quantitative estimate of drug-likeness (QED) is 0.644. The summed E-state index contributed by atoms with van der Waals surface area (Å²) in [6, 6.07) is 0. The molecule has 1 aliphatic heterocycles. The predicted octanol–water partition coefficient (Wildman–Crippen LogP) is 1.66. The number of halogens is 5. The molecule has 0 atom stereocenters. The Morgan fingerprint density at radius 1 is 1.36 bits per heavy atom. The van der Waals surface area contributed by atoms with Crippen molar-refractivity contribution in [3.63, 3.8) is 0 Å². The molecule has 0 bridgehead atoms. The molecule has 1 rings (SSSR count). The van der Waals surface area contributed by atoms with Gasteiger partial charge in [-0.1, -0.05) is 0 Å². The topological polar surface area (TPSA) is 20.3 Å². The van der Waals surface area contributed by atoms with Crippen molar-refractivity contribution in [2.24, 2.45) is 5.92 Å². The van der Waals surface area contributed by atoms with E-state index in [0.29, 0.717) is 4.90 Å². The molecule has 1 fully saturated rings. The molecule has 82 valence electrons. The molecular weight excluding hydrogens is 209 g/mol. The molecule has 1 aliphatic rings. The van der Waals surface area contributed by atoms with E-state index < -0.39 is 30.8 Å². The number of carbonyl (C=O) groups is 1. The Morgan fingerprint density at radius 3 is 2.21 bits per heavy atom. The van der Waals surface area contributed by atoms with Crippen LogP contribution in [0, 0.1) is 5.92 Å². The van der Waals surface area contributed by atoms with E-state index in [1.54, 1.807) is 0 Å². The van der Waals surface area contributed by atoms with Crippen LogP contribution in [0.25, 0.3) is 0 Å². The summed E-state index contributed by atoms with van der Waals surface area (Å²) in [6.45, 7) is -0.439. The standard InChI is InChI=1S/C7H8F5NO/c8-5(9)1-4-2-13(3-4)6(14)7(10,11)12/h4-5H,1-3H2. The largest absolute Gasteiger partial charge is 0.471 e. The molecule has 0 unspecified atom stereocenters. The van der Waals surface area contributed by atoms with Crippen LogP contribution in [0.1, 0.15) is 6.42 Å². The second-order valence-electron chi connectivity index (χ2n) is 3.20. The van der Waals surface area contributed by atoms with Crippen LogP contribution in [0.5, 0.6) is 0 Å². The van der Waals surface area contributed by atoms with E-state index in [0.717, 1.165) is 0 Å². The van der Waals surface area contributed by atoms with Gasteiger partial charge in [0.2, 0.25) is 6.43 Å². The first-order valence-corrected chi connectivity index (χ1v) is 3.95. The van der Waals surface area contributed by atoms with Gasteiger partial charge in [0.1, 0.15) is 0 Å². The zero-order valence-corrected chi connectivity index (χ0v) is 7.02. The summed E-state index contributed by atoms with van der Waals surface area (Å²) in [6.07, 6.45) is -7.86. The van der Waals surface area contributed by atoms with Crippen LogP contribution in [-0.4, -0.2) is 36.5 Å². The van der Waals surface area contributed by atoms with Crippen LogP contribution in [0.2, 0.25) is 0 Å². The molecule has 1 amide bonds. The number of rotatable bonds is 2. The summed E-state index contributed by atoms with van der Waals surface area (Å²) in [5.74, 6) is -2.44. The minimum atomic E-state index is -4.89. The highest BCUT2D eigenvalue weighted by atomic mass is 19.4. The lowest BCUT2D eigenvalue weighted by molar-refractivity contribution is -0.192. The van der Waals surface area contributed by atoms with E-state index in [4.69, 9.17) is 0 Å². The van der Waals surface area contributed by atoms with Crippen molar-refractivity contribution in [2.45, 2.75) is 19.0 Å². The average Bonchev–Trinajstić information content (AvgIpc) is 1.92. The van der Waals surface area contributed by atoms with Crippen molar-refractivity contribution in [2.75, 3.05) is 13.1 Å². The molecule has 0 aromatic rings. The van der Waals surface area contributed by atoms with Crippen LogP contribution < -0.4 is 0 Å². The van der Waals surface area contributed by atoms with Crippen molar-refractivity contribution in [1.29, 1.82) is 0 Å². The zero-order valence-electron chi connectivity index (χ0n) is 7.02. The number of alkyl halides is 5. The maximum Gasteiger partial charge on any atom is 0.471 e. The SMILES string of the molecule is O=C(N1CC(CC(F)F)C1)C(F)(F)F. The van der Waals surface area contributed by atoms with E-state index in [1.807, 2.05) is 0 Å². The maximum atomic E-state index is 11.8. The molecular formula is C7H8F5NO. The minimum Gasteiger partial charge on any atom is -0.334 e. The van der Waals surface area contributed by atoms with Crippen molar-refractivity contribution >= 4 is 5.91 Å². The summed E-state index contributed by atoms with van der Waals surface area (Å²) in [7, 11) is 0. The van der Waals surface area contributed by atoms with E-state index in [2.05, 4.69) is 0 Å². The van der Waals surface area contributed by atoms with E-state index in [-0.39, 0.29) is 13.1 Å². The Balaban J connectivity index is 2.31. The van der Waals surface area contributed by atoms with Gasteiger partial charge in [0.05, 0.1) is 0 Å². The Morgan fingerprint density at radius 2 is 1.86 bits per heavy atom. The highest BCUT2D eigenvalue weighted by Gasteiger charge is 2.46. The van der Waals surface area contributed by atoms with Crippen molar-refractivity contribution in [3.8, 4) is 0 Å². The van der Waals surface area contributed by atoms with Gasteiger partial charge in [0.15, 0.2) is 0 Å². The Labute approximate surface area is 76.7 Å². The Hall–Kier alpha value is -0.880. The van der Waals surface area contributed by atoms with Gasteiger partial charge in [-0.3, -0.25) is 4.79 Å². The molecule has 2 nitrogen and oxygen atoms in total. The number of likely N-dealkylation sites (tertiary alicyclic amines) is 1. The summed E-state index contributed by atoms with van der Waals surface area (Å²) in [4.78, 5) is 11.0. The third kappa shape index (κ3) is 2.55. The highest BCUT2D eigenvalue weighted by molar-refractivity contribution is 5.82. The van der Waals surface area contributed by atoms with Gasteiger partial charge in [-0.05, 0) is 5.92 Å². The highest BCUT2D eigenvalue weighted by Crippen LogP contribution is 2.27. The van der Waals surface area contributed by atoms with E-state index in [1.165, 1.54) is 0 Å². The molecule has 1 saturated heterocycles. The lowest BCUT2D eigenvalue weighted by Crippen LogP contribution is -2.54. The summed E-state index contributed by atoms with van der Waals surface area (Å²) >= 11 is 0. The minimum absolute atomic E-state index is 0.220. The third-order valence-corrected chi connectivity index (χ3v) is 2.00. The smallest absolute Gasteiger partial charge is 0.334 e. The summed E-state index contributed by atoms with van der Waals surface area (Å²) < 4.78 is 58.8. The number of amides is 1. The first-order chi connectivity index (χ1) is 6.30. The van der Waals surface area contributed by atoms with Crippen LogP contribution in [0.3, 0.4) is 0 Å². The second-order valence-corrected chi connectivity index (χ2v) is 3.20. The molecule has 0 aliphatic carbocycles. The van der Waals surface area contributed by atoms with Crippen molar-refractivity contribution in [3.05, 3.63) is 0 Å². The molecule has 0 aromatic heterocycles. The number of nitrogens with zero attached hydrogens (tertiary/aromatic N) is 1. The third-order valence-electron chi connectivity index (χ3n) is 2.00. The summed E-state index contributed by atoms with van der Waals surface area (Å²) in [5.41, 5.74) is 0. The normalized spacial score (nSPS) is 18.6. The fourth-order valence-corrected chi connectivity index (χ4v) is 1.32. The number of carbonyl (C=O) groups excluding carboxylic acids is 1. The van der Waals surface area contributed by atoms with E-state index >= 15 is 0 Å². The Kier molecular flexibility index (Phi) is 2.96. The molecule has 0 radical (unpaired) electrons. The lowest BCUT2D eigenvalue weighted by Gasteiger charge is -2.39. The molecule has 0 N–H and O–H groups in total. The van der Waals surface area contributed by atoms with Crippen LogP contribution in [-0.2, 0) is 4.79 Å². The van der Waals surface area contributed by atoms with Crippen LogP contribution in [0.15, 0.2) is 0 Å². The van der Waals surface area contributed by atoms with Gasteiger partial charge in [0.25, 0.3) is 0 Å². The first-order valence-electron chi connectivity index (χ1n) is 3.95. The monoisotopic (exact) mass is 217 g/mol. The van der Waals surface area contributed by atoms with Gasteiger partial charge < -0.3 is 4.90 Å². The van der Waals surface area contributed by atoms with Gasteiger partial charge in [-0.2, -0.15) is 13.2 Å². The van der Waals surface area contributed by atoms with Crippen LogP contribution >= 0.6 is 0 Å². The molecule has 7 heteroatoms. The average molecular weight is 217 g/mol. The fourth-order valence-electron chi connectivity index (χ4n) is 1.32. The Bertz CT molecular complexity index is 221. The van der Waals surface area contributed by atoms with Crippen molar-refractivity contribution < 1.29 is 26.7 Å². The number of hydrogen-bond acceptors (Lipinski definition) is 1.